The SMILES string of the molecule is [C-]#[N+]c1cccc(-c2cccc(-c3ccccn3)c2)n1. The summed E-state index contributed by atoms with van der Waals surface area (Å²) in [5.74, 6) is 0.408. The smallest absolute Gasteiger partial charge is 0.270 e. The van der Waals surface area contributed by atoms with Crippen LogP contribution in [0.4, 0.5) is 5.82 Å². The van der Waals surface area contributed by atoms with Crippen LogP contribution in [0.3, 0.4) is 0 Å². The maximum absolute atomic E-state index is 7.03. The summed E-state index contributed by atoms with van der Waals surface area (Å²) < 4.78 is 0. The van der Waals surface area contributed by atoms with E-state index >= 15 is 0 Å². The number of nitrogens with zero attached hydrogens (tertiary/aromatic N) is 3. The number of hydrogen-bond acceptors (Lipinski definition) is 2. The van der Waals surface area contributed by atoms with Gasteiger partial charge in [-0.2, -0.15) is 0 Å². The standard InChI is InChI=1S/C17H11N3/c1-18-17-10-5-9-16(20-17)14-7-4-6-13(12-14)15-8-2-3-11-19-15/h2-12H. The number of aromatic nitrogens is 2. The Bertz CT molecular complexity index is 773. The monoisotopic (exact) mass is 257 g/mol. The van der Waals surface area contributed by atoms with Crippen LogP contribution >= 0.6 is 0 Å². The lowest BCUT2D eigenvalue weighted by Crippen LogP contribution is -1.86. The molecule has 3 nitrogen and oxygen atoms in total. The van der Waals surface area contributed by atoms with E-state index in [1.807, 2.05) is 54.6 Å². The van der Waals surface area contributed by atoms with E-state index in [2.05, 4.69) is 14.8 Å². The number of benzene rings is 1. The second-order valence-corrected chi connectivity index (χ2v) is 4.29. The molecule has 94 valence electrons. The maximum Gasteiger partial charge on any atom is 0.270 e. The fourth-order valence-corrected chi connectivity index (χ4v) is 2.02. The lowest BCUT2D eigenvalue weighted by Gasteiger charge is -2.03. The van der Waals surface area contributed by atoms with Crippen LogP contribution in [0.25, 0.3) is 27.4 Å². The van der Waals surface area contributed by atoms with Gasteiger partial charge in [0, 0.05) is 17.3 Å². The van der Waals surface area contributed by atoms with E-state index in [9.17, 15) is 0 Å². The molecule has 2 heterocycles. The van der Waals surface area contributed by atoms with E-state index in [-0.39, 0.29) is 0 Å². The second kappa shape index (κ2) is 5.33. The van der Waals surface area contributed by atoms with Crippen molar-refractivity contribution in [1.29, 1.82) is 0 Å². The predicted molar refractivity (Wildman–Crippen MR) is 79.2 cm³/mol. The van der Waals surface area contributed by atoms with Crippen LogP contribution in [0.15, 0.2) is 66.9 Å². The van der Waals surface area contributed by atoms with Crippen molar-refractivity contribution in [1.82, 2.24) is 9.97 Å². The molecule has 0 aliphatic heterocycles. The third kappa shape index (κ3) is 2.40. The normalized spacial score (nSPS) is 9.95. The first-order chi connectivity index (χ1) is 9.86. The molecule has 0 radical (unpaired) electrons. The molecule has 3 heteroatoms. The highest BCUT2D eigenvalue weighted by molar-refractivity contribution is 5.70. The van der Waals surface area contributed by atoms with Crippen molar-refractivity contribution in [3.63, 3.8) is 0 Å². The molecule has 0 bridgehead atoms. The lowest BCUT2D eigenvalue weighted by atomic mass is 10.0. The average Bonchev–Trinajstić information content (AvgIpc) is 2.56. The molecule has 1 aromatic carbocycles. The highest BCUT2D eigenvalue weighted by Gasteiger charge is 2.06. The van der Waals surface area contributed by atoms with Gasteiger partial charge in [-0.05, 0) is 30.3 Å². The zero-order valence-corrected chi connectivity index (χ0v) is 10.7. The molecular weight excluding hydrogens is 246 g/mol. The first-order valence-corrected chi connectivity index (χ1v) is 6.23. The van der Waals surface area contributed by atoms with Crippen molar-refractivity contribution in [3.05, 3.63) is 78.3 Å². The molecule has 0 amide bonds. The van der Waals surface area contributed by atoms with Crippen molar-refractivity contribution < 1.29 is 0 Å². The minimum Gasteiger partial charge on any atom is -0.361 e. The average molecular weight is 257 g/mol. The molecule has 0 atom stereocenters. The van der Waals surface area contributed by atoms with Crippen molar-refractivity contribution in [2.45, 2.75) is 0 Å². The summed E-state index contributed by atoms with van der Waals surface area (Å²) in [7, 11) is 0. The molecule has 0 spiro atoms. The summed E-state index contributed by atoms with van der Waals surface area (Å²) in [6, 6.07) is 19.3. The van der Waals surface area contributed by atoms with Crippen molar-refractivity contribution >= 4 is 5.82 Å². The summed E-state index contributed by atoms with van der Waals surface area (Å²) in [6.45, 7) is 7.03. The van der Waals surface area contributed by atoms with E-state index in [4.69, 9.17) is 6.57 Å². The van der Waals surface area contributed by atoms with Crippen molar-refractivity contribution in [2.75, 3.05) is 0 Å². The maximum atomic E-state index is 7.03. The summed E-state index contributed by atoms with van der Waals surface area (Å²) in [6.07, 6.45) is 1.78. The third-order valence-corrected chi connectivity index (χ3v) is 2.97. The van der Waals surface area contributed by atoms with Gasteiger partial charge >= 0.3 is 0 Å². The molecule has 2 aromatic heterocycles. The van der Waals surface area contributed by atoms with Gasteiger partial charge in [0.1, 0.15) is 0 Å². The fourth-order valence-electron chi connectivity index (χ4n) is 2.02. The molecule has 0 saturated carbocycles. The van der Waals surface area contributed by atoms with Crippen molar-refractivity contribution in [2.24, 2.45) is 0 Å². The third-order valence-electron chi connectivity index (χ3n) is 2.97. The highest BCUT2D eigenvalue weighted by Crippen LogP contribution is 2.25. The van der Waals surface area contributed by atoms with E-state index in [1.165, 1.54) is 0 Å². The van der Waals surface area contributed by atoms with Gasteiger partial charge in [-0.25, -0.2) is 0 Å². The highest BCUT2D eigenvalue weighted by atomic mass is 14.9. The van der Waals surface area contributed by atoms with Gasteiger partial charge in [0.25, 0.3) is 5.82 Å². The second-order valence-electron chi connectivity index (χ2n) is 4.29. The Hall–Kier alpha value is -2.99. The van der Waals surface area contributed by atoms with Gasteiger partial charge in [0.15, 0.2) is 5.69 Å². The Morgan fingerprint density at radius 1 is 0.800 bits per heavy atom. The minimum atomic E-state index is 0.408. The van der Waals surface area contributed by atoms with Gasteiger partial charge < -0.3 is 4.85 Å². The summed E-state index contributed by atoms with van der Waals surface area (Å²) in [5.41, 5.74) is 3.75. The molecule has 0 fully saturated rings. The van der Waals surface area contributed by atoms with E-state index in [1.54, 1.807) is 12.3 Å². The molecule has 20 heavy (non-hydrogen) atoms. The Labute approximate surface area is 117 Å². The lowest BCUT2D eigenvalue weighted by molar-refractivity contribution is 1.32. The molecule has 0 aliphatic carbocycles. The van der Waals surface area contributed by atoms with Gasteiger partial charge in [-0.1, -0.05) is 36.9 Å². The molecule has 3 aromatic rings. The first kappa shape index (κ1) is 12.1. The van der Waals surface area contributed by atoms with Gasteiger partial charge in [0.2, 0.25) is 0 Å². The number of pyridine rings is 2. The Balaban J connectivity index is 2.06. The van der Waals surface area contributed by atoms with E-state index in [0.29, 0.717) is 5.82 Å². The Morgan fingerprint density at radius 3 is 2.30 bits per heavy atom. The van der Waals surface area contributed by atoms with Crippen LogP contribution in [-0.4, -0.2) is 9.97 Å². The zero-order valence-electron chi connectivity index (χ0n) is 10.7. The topological polar surface area (TPSA) is 30.1 Å². The van der Waals surface area contributed by atoms with Crippen LogP contribution in [0.1, 0.15) is 0 Å². The van der Waals surface area contributed by atoms with E-state index in [0.717, 1.165) is 22.5 Å². The zero-order chi connectivity index (χ0) is 13.8. The quantitative estimate of drug-likeness (QED) is 0.638. The molecule has 0 N–H and O–H groups in total. The van der Waals surface area contributed by atoms with E-state index < -0.39 is 0 Å². The Kier molecular flexibility index (Phi) is 3.22. The largest absolute Gasteiger partial charge is 0.361 e. The van der Waals surface area contributed by atoms with Crippen LogP contribution < -0.4 is 0 Å². The van der Waals surface area contributed by atoms with Crippen molar-refractivity contribution in [3.8, 4) is 22.5 Å². The van der Waals surface area contributed by atoms with Gasteiger partial charge in [0.05, 0.1) is 5.69 Å². The first-order valence-electron chi connectivity index (χ1n) is 6.23. The molecule has 3 rings (SSSR count). The van der Waals surface area contributed by atoms with Gasteiger partial charge in [-0.15, -0.1) is 4.98 Å². The molecule has 0 aliphatic rings. The molecule has 0 saturated heterocycles. The van der Waals surface area contributed by atoms with Crippen LogP contribution in [0.5, 0.6) is 0 Å². The van der Waals surface area contributed by atoms with Gasteiger partial charge in [-0.3, -0.25) is 4.98 Å². The predicted octanol–water partition coefficient (Wildman–Crippen LogP) is 4.36. The van der Waals surface area contributed by atoms with Crippen LogP contribution in [0.2, 0.25) is 0 Å². The number of hydrogen-bond donors (Lipinski definition) is 0. The molecule has 0 unspecified atom stereocenters. The molecular formula is C17H11N3. The fraction of sp³-hybridized carbons (Fsp3) is 0. The summed E-state index contributed by atoms with van der Waals surface area (Å²) in [4.78, 5) is 12.0. The minimum absolute atomic E-state index is 0.408. The summed E-state index contributed by atoms with van der Waals surface area (Å²) >= 11 is 0. The summed E-state index contributed by atoms with van der Waals surface area (Å²) in [5, 5.41) is 0. The Morgan fingerprint density at radius 2 is 1.55 bits per heavy atom. The van der Waals surface area contributed by atoms with Crippen LogP contribution in [0, 0.1) is 6.57 Å². The number of rotatable bonds is 2. The van der Waals surface area contributed by atoms with Crippen LogP contribution in [-0.2, 0) is 0 Å².